The SMILES string of the molecule is CC(C)(C)C(NCCCC(=O)O)c1ccc(F)cc1F. The Morgan fingerprint density at radius 2 is 2.00 bits per heavy atom. The number of hydrogen-bond acceptors (Lipinski definition) is 2. The Kier molecular flexibility index (Phi) is 5.62. The summed E-state index contributed by atoms with van der Waals surface area (Å²) >= 11 is 0. The molecule has 0 aliphatic carbocycles. The zero-order chi connectivity index (χ0) is 15.3. The fourth-order valence-electron chi connectivity index (χ4n) is 2.10. The monoisotopic (exact) mass is 285 g/mol. The number of benzene rings is 1. The van der Waals surface area contributed by atoms with Crippen molar-refractivity contribution in [3.63, 3.8) is 0 Å². The summed E-state index contributed by atoms with van der Waals surface area (Å²) in [5.74, 6) is -2.05. The number of halogens is 2. The van der Waals surface area contributed by atoms with Crippen molar-refractivity contribution in [2.24, 2.45) is 5.41 Å². The largest absolute Gasteiger partial charge is 0.481 e. The van der Waals surface area contributed by atoms with Crippen molar-refractivity contribution < 1.29 is 18.7 Å². The molecule has 112 valence electrons. The van der Waals surface area contributed by atoms with Crippen LogP contribution in [0.5, 0.6) is 0 Å². The summed E-state index contributed by atoms with van der Waals surface area (Å²) in [5, 5.41) is 11.8. The lowest BCUT2D eigenvalue weighted by molar-refractivity contribution is -0.137. The van der Waals surface area contributed by atoms with Gasteiger partial charge in [0.25, 0.3) is 0 Å². The quantitative estimate of drug-likeness (QED) is 0.786. The van der Waals surface area contributed by atoms with Crippen LogP contribution in [-0.2, 0) is 4.79 Å². The maximum Gasteiger partial charge on any atom is 0.303 e. The molecule has 1 aromatic rings. The third-order valence-corrected chi connectivity index (χ3v) is 3.06. The number of aliphatic carboxylic acids is 1. The first kappa shape index (κ1) is 16.6. The lowest BCUT2D eigenvalue weighted by Gasteiger charge is -2.32. The molecule has 0 amide bonds. The smallest absolute Gasteiger partial charge is 0.303 e. The van der Waals surface area contributed by atoms with E-state index in [0.717, 1.165) is 6.07 Å². The highest BCUT2D eigenvalue weighted by molar-refractivity contribution is 5.66. The van der Waals surface area contributed by atoms with Crippen LogP contribution in [0.1, 0.15) is 45.2 Å². The topological polar surface area (TPSA) is 49.3 Å². The van der Waals surface area contributed by atoms with E-state index in [1.54, 1.807) is 0 Å². The van der Waals surface area contributed by atoms with E-state index in [1.165, 1.54) is 12.1 Å². The Hall–Kier alpha value is -1.49. The predicted octanol–water partition coefficient (Wildman–Crippen LogP) is 3.51. The molecule has 0 aliphatic rings. The normalized spacial score (nSPS) is 13.2. The average molecular weight is 285 g/mol. The molecule has 1 aromatic carbocycles. The van der Waals surface area contributed by atoms with Crippen molar-refractivity contribution in [2.45, 2.75) is 39.7 Å². The molecule has 0 fully saturated rings. The van der Waals surface area contributed by atoms with Crippen LogP contribution in [0.25, 0.3) is 0 Å². The fourth-order valence-corrected chi connectivity index (χ4v) is 2.10. The molecule has 1 unspecified atom stereocenters. The van der Waals surface area contributed by atoms with Gasteiger partial charge < -0.3 is 10.4 Å². The summed E-state index contributed by atoms with van der Waals surface area (Å²) in [6.45, 7) is 6.31. The number of hydrogen-bond donors (Lipinski definition) is 2. The first-order chi connectivity index (χ1) is 9.21. The molecule has 0 saturated carbocycles. The lowest BCUT2D eigenvalue weighted by Crippen LogP contribution is -2.34. The Morgan fingerprint density at radius 1 is 1.35 bits per heavy atom. The van der Waals surface area contributed by atoms with E-state index >= 15 is 0 Å². The molecule has 0 spiro atoms. The Balaban J connectivity index is 2.82. The lowest BCUT2D eigenvalue weighted by atomic mass is 9.82. The average Bonchev–Trinajstić information content (AvgIpc) is 2.28. The summed E-state index contributed by atoms with van der Waals surface area (Å²) in [7, 11) is 0. The van der Waals surface area contributed by atoms with Gasteiger partial charge in [0.2, 0.25) is 0 Å². The molecule has 0 saturated heterocycles. The molecule has 0 aromatic heterocycles. The molecule has 0 aliphatic heterocycles. The zero-order valence-corrected chi connectivity index (χ0v) is 12.0. The Labute approximate surface area is 118 Å². The number of carboxylic acid groups (broad SMARTS) is 1. The van der Waals surface area contributed by atoms with Gasteiger partial charge in [-0.05, 0) is 24.4 Å². The van der Waals surface area contributed by atoms with Gasteiger partial charge >= 0.3 is 5.97 Å². The summed E-state index contributed by atoms with van der Waals surface area (Å²) in [5.41, 5.74) is 0.122. The van der Waals surface area contributed by atoms with Gasteiger partial charge in [0.15, 0.2) is 0 Å². The molecule has 0 bridgehead atoms. The number of rotatable bonds is 6. The van der Waals surface area contributed by atoms with Crippen LogP contribution in [0.15, 0.2) is 18.2 Å². The molecule has 5 heteroatoms. The van der Waals surface area contributed by atoms with E-state index < -0.39 is 17.6 Å². The van der Waals surface area contributed by atoms with Gasteiger partial charge in [0.05, 0.1) is 0 Å². The second-order valence-corrected chi connectivity index (χ2v) is 5.92. The van der Waals surface area contributed by atoms with E-state index in [0.29, 0.717) is 18.5 Å². The first-order valence-corrected chi connectivity index (χ1v) is 6.62. The van der Waals surface area contributed by atoms with Gasteiger partial charge in [-0.3, -0.25) is 4.79 Å². The van der Waals surface area contributed by atoms with E-state index in [1.807, 2.05) is 20.8 Å². The molecule has 3 nitrogen and oxygen atoms in total. The van der Waals surface area contributed by atoms with Crippen molar-refractivity contribution in [3.8, 4) is 0 Å². The minimum atomic E-state index is -0.855. The van der Waals surface area contributed by atoms with Gasteiger partial charge in [-0.1, -0.05) is 26.8 Å². The van der Waals surface area contributed by atoms with Crippen LogP contribution in [0, 0.1) is 17.0 Å². The first-order valence-electron chi connectivity index (χ1n) is 6.62. The summed E-state index contributed by atoms with van der Waals surface area (Å²) in [6.07, 6.45) is 0.528. The van der Waals surface area contributed by atoms with Crippen LogP contribution >= 0.6 is 0 Å². The van der Waals surface area contributed by atoms with Crippen LogP contribution in [0.3, 0.4) is 0 Å². The fraction of sp³-hybridized carbons (Fsp3) is 0.533. The maximum atomic E-state index is 13.9. The number of nitrogens with one attached hydrogen (secondary N) is 1. The molecular weight excluding hydrogens is 264 g/mol. The minimum absolute atomic E-state index is 0.0652. The van der Waals surface area contributed by atoms with Crippen molar-refractivity contribution >= 4 is 5.97 Å². The third kappa shape index (κ3) is 4.89. The third-order valence-electron chi connectivity index (χ3n) is 3.06. The highest BCUT2D eigenvalue weighted by Gasteiger charge is 2.28. The summed E-state index contributed by atoms with van der Waals surface area (Å²) < 4.78 is 26.9. The molecule has 20 heavy (non-hydrogen) atoms. The van der Waals surface area contributed by atoms with Crippen LogP contribution < -0.4 is 5.32 Å². The number of carboxylic acids is 1. The second kappa shape index (κ2) is 6.79. The van der Waals surface area contributed by atoms with E-state index in [9.17, 15) is 13.6 Å². The van der Waals surface area contributed by atoms with Gasteiger partial charge in [0, 0.05) is 24.1 Å². The Bertz CT molecular complexity index is 469. The molecule has 1 rings (SSSR count). The van der Waals surface area contributed by atoms with Gasteiger partial charge in [-0.25, -0.2) is 8.78 Å². The summed E-state index contributed by atoms with van der Waals surface area (Å²) in [4.78, 5) is 10.5. The van der Waals surface area contributed by atoms with Gasteiger partial charge in [0.1, 0.15) is 11.6 Å². The predicted molar refractivity (Wildman–Crippen MR) is 73.4 cm³/mol. The van der Waals surface area contributed by atoms with Crippen molar-refractivity contribution in [2.75, 3.05) is 6.54 Å². The maximum absolute atomic E-state index is 13.9. The van der Waals surface area contributed by atoms with Gasteiger partial charge in [-0.2, -0.15) is 0 Å². The van der Waals surface area contributed by atoms with Crippen molar-refractivity contribution in [1.29, 1.82) is 0 Å². The number of carbonyl (C=O) groups is 1. The van der Waals surface area contributed by atoms with E-state index in [4.69, 9.17) is 5.11 Å². The standard InChI is InChI=1S/C15H21F2NO2/c1-15(2,3)14(18-8-4-5-13(19)20)11-7-6-10(16)9-12(11)17/h6-7,9,14,18H,4-5,8H2,1-3H3,(H,19,20). The van der Waals surface area contributed by atoms with E-state index in [2.05, 4.69) is 5.32 Å². The van der Waals surface area contributed by atoms with E-state index in [-0.39, 0.29) is 17.9 Å². The highest BCUT2D eigenvalue weighted by atomic mass is 19.1. The van der Waals surface area contributed by atoms with Crippen LogP contribution in [0.4, 0.5) is 8.78 Å². The molecule has 2 N–H and O–H groups in total. The summed E-state index contributed by atoms with van der Waals surface area (Å²) in [6, 6.07) is 3.23. The Morgan fingerprint density at radius 3 is 2.50 bits per heavy atom. The van der Waals surface area contributed by atoms with Crippen LogP contribution in [0.2, 0.25) is 0 Å². The molecular formula is C15H21F2NO2. The zero-order valence-electron chi connectivity index (χ0n) is 12.0. The van der Waals surface area contributed by atoms with Crippen LogP contribution in [-0.4, -0.2) is 17.6 Å². The molecule has 1 atom stereocenters. The molecule has 0 radical (unpaired) electrons. The molecule has 0 heterocycles. The van der Waals surface area contributed by atoms with Gasteiger partial charge in [-0.15, -0.1) is 0 Å². The van der Waals surface area contributed by atoms with Crippen molar-refractivity contribution in [3.05, 3.63) is 35.4 Å². The minimum Gasteiger partial charge on any atom is -0.481 e. The second-order valence-electron chi connectivity index (χ2n) is 5.92. The van der Waals surface area contributed by atoms with Crippen molar-refractivity contribution in [1.82, 2.24) is 5.32 Å². The highest BCUT2D eigenvalue weighted by Crippen LogP contribution is 2.34.